The Labute approximate surface area is 113 Å². The van der Waals surface area contributed by atoms with Gasteiger partial charge in [0.05, 0.1) is 0 Å². The first-order valence-corrected chi connectivity index (χ1v) is 7.85. The maximum atomic E-state index is 4.37. The van der Waals surface area contributed by atoms with Gasteiger partial charge in [-0.1, -0.05) is 71.6 Å². The minimum absolute atomic E-state index is 0.831. The van der Waals surface area contributed by atoms with Crippen molar-refractivity contribution in [2.75, 3.05) is 0 Å². The van der Waals surface area contributed by atoms with Gasteiger partial charge in [0.2, 0.25) is 0 Å². The quantitative estimate of drug-likeness (QED) is 0.543. The first-order chi connectivity index (χ1) is 8.86. The highest BCUT2D eigenvalue weighted by Gasteiger charge is 2.10. The van der Waals surface area contributed by atoms with E-state index in [-0.39, 0.29) is 0 Å². The fraction of sp³-hybridized carbons (Fsp3) is 0.812. The van der Waals surface area contributed by atoms with Crippen molar-refractivity contribution in [1.29, 1.82) is 0 Å². The number of aromatic nitrogens is 2. The van der Waals surface area contributed by atoms with Gasteiger partial charge >= 0.3 is 0 Å². The third-order valence-electron chi connectivity index (χ3n) is 3.72. The summed E-state index contributed by atoms with van der Waals surface area (Å²) in [5, 5.41) is 0. The van der Waals surface area contributed by atoms with Gasteiger partial charge in [0.1, 0.15) is 5.82 Å². The van der Waals surface area contributed by atoms with Crippen LogP contribution in [0.2, 0.25) is 0 Å². The van der Waals surface area contributed by atoms with Gasteiger partial charge in [-0.3, -0.25) is 0 Å². The molecule has 0 radical (unpaired) electrons. The highest BCUT2D eigenvalue weighted by Crippen LogP contribution is 2.20. The van der Waals surface area contributed by atoms with Crippen molar-refractivity contribution in [2.24, 2.45) is 5.92 Å². The van der Waals surface area contributed by atoms with Crippen molar-refractivity contribution in [1.82, 2.24) is 9.97 Å². The van der Waals surface area contributed by atoms with Crippen LogP contribution in [-0.2, 0) is 6.42 Å². The molecule has 0 aliphatic rings. The third kappa shape index (κ3) is 6.83. The normalized spacial score (nSPS) is 12.8. The minimum Gasteiger partial charge on any atom is -0.349 e. The zero-order valence-electron chi connectivity index (χ0n) is 12.3. The molecule has 2 nitrogen and oxygen atoms in total. The molecule has 0 aromatic carbocycles. The second-order valence-electron chi connectivity index (χ2n) is 5.45. The number of nitrogens with one attached hydrogen (secondary N) is 1. The van der Waals surface area contributed by atoms with Gasteiger partial charge in [0, 0.05) is 18.8 Å². The van der Waals surface area contributed by atoms with Gasteiger partial charge in [-0.05, 0) is 5.92 Å². The van der Waals surface area contributed by atoms with Crippen LogP contribution in [0.25, 0.3) is 0 Å². The van der Waals surface area contributed by atoms with Crippen molar-refractivity contribution >= 4 is 0 Å². The largest absolute Gasteiger partial charge is 0.349 e. The van der Waals surface area contributed by atoms with Crippen LogP contribution in [0, 0.1) is 5.92 Å². The van der Waals surface area contributed by atoms with Crippen LogP contribution in [0.4, 0.5) is 0 Å². The molecule has 18 heavy (non-hydrogen) atoms. The second kappa shape index (κ2) is 10.2. The molecule has 2 heteroatoms. The van der Waals surface area contributed by atoms with E-state index < -0.39 is 0 Å². The monoisotopic (exact) mass is 250 g/mol. The highest BCUT2D eigenvalue weighted by molar-refractivity contribution is 4.89. The van der Waals surface area contributed by atoms with Gasteiger partial charge < -0.3 is 4.98 Å². The number of rotatable bonds is 11. The van der Waals surface area contributed by atoms with E-state index in [4.69, 9.17) is 0 Å². The van der Waals surface area contributed by atoms with E-state index in [0.717, 1.165) is 12.3 Å². The van der Waals surface area contributed by atoms with E-state index in [0.29, 0.717) is 0 Å². The molecule has 0 amide bonds. The number of aromatic amines is 1. The van der Waals surface area contributed by atoms with E-state index in [1.165, 1.54) is 63.6 Å². The first-order valence-electron chi connectivity index (χ1n) is 7.85. The lowest BCUT2D eigenvalue weighted by Crippen LogP contribution is -2.06. The number of unbranched alkanes of at least 4 members (excludes halogenated alkanes) is 5. The van der Waals surface area contributed by atoms with Crippen LogP contribution in [0.15, 0.2) is 12.4 Å². The standard InChI is InChI=1S/C16H30N2/c1-3-5-7-8-9-11-15(10-6-4-2)14-16-17-12-13-18-16/h12-13,15H,3-11,14H2,1-2H3,(H,17,18). The molecule has 1 aromatic heterocycles. The lowest BCUT2D eigenvalue weighted by atomic mass is 9.92. The summed E-state index contributed by atoms with van der Waals surface area (Å²) in [7, 11) is 0. The zero-order valence-corrected chi connectivity index (χ0v) is 12.3. The van der Waals surface area contributed by atoms with Crippen LogP contribution in [0.3, 0.4) is 0 Å². The molecule has 0 aliphatic carbocycles. The van der Waals surface area contributed by atoms with E-state index >= 15 is 0 Å². The molecular formula is C16H30N2. The average Bonchev–Trinajstić information content (AvgIpc) is 2.88. The third-order valence-corrected chi connectivity index (χ3v) is 3.72. The van der Waals surface area contributed by atoms with Crippen LogP contribution in [0.5, 0.6) is 0 Å². The van der Waals surface area contributed by atoms with Gasteiger partial charge in [0.25, 0.3) is 0 Å². The highest BCUT2D eigenvalue weighted by atomic mass is 14.9. The van der Waals surface area contributed by atoms with Crippen molar-refractivity contribution in [2.45, 2.75) is 78.1 Å². The lowest BCUT2D eigenvalue weighted by Gasteiger charge is -2.15. The van der Waals surface area contributed by atoms with Crippen LogP contribution < -0.4 is 0 Å². The summed E-state index contributed by atoms with van der Waals surface area (Å²) in [5.74, 6) is 2.00. The Bertz CT molecular complexity index is 267. The molecule has 104 valence electrons. The molecule has 0 spiro atoms. The Hall–Kier alpha value is -0.790. The van der Waals surface area contributed by atoms with E-state index in [9.17, 15) is 0 Å². The van der Waals surface area contributed by atoms with E-state index in [1.54, 1.807) is 0 Å². The fourth-order valence-electron chi connectivity index (χ4n) is 2.56. The molecule has 0 saturated carbocycles. The van der Waals surface area contributed by atoms with Crippen molar-refractivity contribution in [3.05, 3.63) is 18.2 Å². The number of hydrogen-bond donors (Lipinski definition) is 1. The Morgan fingerprint density at radius 3 is 2.39 bits per heavy atom. The molecule has 1 heterocycles. The average molecular weight is 250 g/mol. The second-order valence-corrected chi connectivity index (χ2v) is 5.45. The molecule has 1 aromatic rings. The van der Waals surface area contributed by atoms with Gasteiger partial charge in [0.15, 0.2) is 0 Å². The molecule has 0 saturated heterocycles. The van der Waals surface area contributed by atoms with Crippen molar-refractivity contribution in [3.63, 3.8) is 0 Å². The molecule has 1 atom stereocenters. The van der Waals surface area contributed by atoms with Crippen LogP contribution in [0.1, 0.15) is 77.5 Å². The van der Waals surface area contributed by atoms with E-state index in [2.05, 4.69) is 23.8 Å². The number of H-pyrrole nitrogens is 1. The zero-order chi connectivity index (χ0) is 13.1. The Morgan fingerprint density at radius 2 is 1.72 bits per heavy atom. The number of nitrogens with zero attached hydrogens (tertiary/aromatic N) is 1. The summed E-state index contributed by atoms with van der Waals surface area (Å²) < 4.78 is 0. The molecule has 0 bridgehead atoms. The van der Waals surface area contributed by atoms with E-state index in [1.807, 2.05) is 12.4 Å². The summed E-state index contributed by atoms with van der Waals surface area (Å²) in [6.07, 6.45) is 17.3. The SMILES string of the molecule is CCCCCCCC(CCCC)Cc1ncc[nH]1. The predicted molar refractivity (Wildman–Crippen MR) is 78.7 cm³/mol. The summed E-state index contributed by atoms with van der Waals surface area (Å²) >= 11 is 0. The van der Waals surface area contributed by atoms with Crippen LogP contribution >= 0.6 is 0 Å². The Balaban J connectivity index is 2.22. The predicted octanol–water partition coefficient (Wildman–Crippen LogP) is 5.12. The van der Waals surface area contributed by atoms with Crippen LogP contribution in [-0.4, -0.2) is 9.97 Å². The molecule has 1 rings (SSSR count). The first kappa shape index (κ1) is 15.3. The fourth-order valence-corrected chi connectivity index (χ4v) is 2.56. The van der Waals surface area contributed by atoms with Gasteiger partial charge in [-0.25, -0.2) is 4.98 Å². The summed E-state index contributed by atoms with van der Waals surface area (Å²) in [5.41, 5.74) is 0. The Morgan fingerprint density at radius 1 is 1.00 bits per heavy atom. The molecule has 0 fully saturated rings. The molecule has 1 N–H and O–H groups in total. The maximum Gasteiger partial charge on any atom is 0.106 e. The lowest BCUT2D eigenvalue weighted by molar-refractivity contribution is 0.403. The van der Waals surface area contributed by atoms with Gasteiger partial charge in [-0.15, -0.1) is 0 Å². The molecule has 1 unspecified atom stereocenters. The number of hydrogen-bond acceptors (Lipinski definition) is 1. The van der Waals surface area contributed by atoms with Crippen molar-refractivity contribution in [3.8, 4) is 0 Å². The van der Waals surface area contributed by atoms with Crippen molar-refractivity contribution < 1.29 is 0 Å². The smallest absolute Gasteiger partial charge is 0.106 e. The maximum absolute atomic E-state index is 4.37. The number of imidazole rings is 1. The Kier molecular flexibility index (Phi) is 8.62. The minimum atomic E-state index is 0.831. The summed E-state index contributed by atoms with van der Waals surface area (Å²) in [6.45, 7) is 4.56. The topological polar surface area (TPSA) is 28.7 Å². The molecular weight excluding hydrogens is 220 g/mol. The van der Waals surface area contributed by atoms with Gasteiger partial charge in [-0.2, -0.15) is 0 Å². The summed E-state index contributed by atoms with van der Waals surface area (Å²) in [6, 6.07) is 0. The molecule has 0 aliphatic heterocycles. The summed E-state index contributed by atoms with van der Waals surface area (Å²) in [4.78, 5) is 7.61.